The summed E-state index contributed by atoms with van der Waals surface area (Å²) in [6.45, 7) is 0.447. The fourth-order valence-corrected chi connectivity index (χ4v) is 2.28. The summed E-state index contributed by atoms with van der Waals surface area (Å²) in [6, 6.07) is 11.3. The number of nitrogen functional groups attached to an aromatic ring is 1. The third kappa shape index (κ3) is 4.69. The molecule has 0 radical (unpaired) electrons. The first-order chi connectivity index (χ1) is 11.0. The van der Waals surface area contributed by atoms with Gasteiger partial charge in [0.2, 0.25) is 0 Å². The average Bonchev–Trinajstić information content (AvgIpc) is 2.53. The maximum Gasteiger partial charge on any atom is 0.270 e. The lowest BCUT2D eigenvalue weighted by Gasteiger charge is -2.07. The van der Waals surface area contributed by atoms with E-state index in [4.69, 9.17) is 17.3 Å². The molecule has 0 aliphatic carbocycles. The van der Waals surface area contributed by atoms with Gasteiger partial charge in [-0.05, 0) is 36.6 Å². The number of rotatable bonds is 6. The highest BCUT2D eigenvalue weighted by Gasteiger charge is 2.15. The molecule has 2 aromatic carbocycles. The molecule has 0 fully saturated rings. The predicted octanol–water partition coefficient (Wildman–Crippen LogP) is 3.19. The number of nitro groups is 1. The molecule has 120 valence electrons. The lowest BCUT2D eigenvalue weighted by atomic mass is 10.1. The van der Waals surface area contributed by atoms with Gasteiger partial charge in [0.25, 0.3) is 11.6 Å². The first kappa shape index (κ1) is 16.8. The van der Waals surface area contributed by atoms with Gasteiger partial charge >= 0.3 is 0 Å². The Labute approximate surface area is 138 Å². The Bertz CT molecular complexity index is 717. The van der Waals surface area contributed by atoms with E-state index in [0.717, 1.165) is 18.4 Å². The van der Waals surface area contributed by atoms with Gasteiger partial charge < -0.3 is 11.1 Å². The molecule has 7 heteroatoms. The largest absolute Gasteiger partial charge is 0.399 e. The van der Waals surface area contributed by atoms with E-state index in [1.165, 1.54) is 18.2 Å². The van der Waals surface area contributed by atoms with E-state index in [9.17, 15) is 14.9 Å². The minimum atomic E-state index is -0.561. The van der Waals surface area contributed by atoms with E-state index >= 15 is 0 Å². The molecule has 0 saturated carbocycles. The van der Waals surface area contributed by atoms with E-state index in [0.29, 0.717) is 12.2 Å². The van der Waals surface area contributed by atoms with Crippen LogP contribution < -0.4 is 11.1 Å². The number of nitrogens with zero attached hydrogens (tertiary/aromatic N) is 1. The molecule has 0 bridgehead atoms. The molecule has 0 aromatic heterocycles. The Hall–Kier alpha value is -2.60. The summed E-state index contributed by atoms with van der Waals surface area (Å²) in [6.07, 6.45) is 1.53. The van der Waals surface area contributed by atoms with Crippen molar-refractivity contribution in [1.82, 2.24) is 5.32 Å². The highest BCUT2D eigenvalue weighted by molar-refractivity contribution is 6.33. The molecule has 6 nitrogen and oxygen atoms in total. The number of aryl methyl sites for hydroxylation is 1. The number of amides is 1. The number of anilines is 1. The van der Waals surface area contributed by atoms with Crippen LogP contribution in [-0.2, 0) is 6.42 Å². The summed E-state index contributed by atoms with van der Waals surface area (Å²) in [5.74, 6) is -0.420. The third-order valence-corrected chi connectivity index (χ3v) is 3.64. The van der Waals surface area contributed by atoms with Crippen molar-refractivity contribution in [1.29, 1.82) is 0 Å². The van der Waals surface area contributed by atoms with Crippen molar-refractivity contribution in [3.8, 4) is 0 Å². The van der Waals surface area contributed by atoms with Gasteiger partial charge in [0, 0.05) is 24.4 Å². The summed E-state index contributed by atoms with van der Waals surface area (Å²) in [7, 11) is 0. The van der Waals surface area contributed by atoms with Gasteiger partial charge in [-0.15, -0.1) is 0 Å². The molecular weight excluding hydrogens is 318 g/mol. The quantitative estimate of drug-likeness (QED) is 0.367. The summed E-state index contributed by atoms with van der Waals surface area (Å²) in [4.78, 5) is 22.3. The van der Waals surface area contributed by atoms with Gasteiger partial charge in [-0.25, -0.2) is 0 Å². The van der Waals surface area contributed by atoms with Crippen LogP contribution in [0, 0.1) is 10.1 Å². The molecule has 0 atom stereocenters. The van der Waals surface area contributed by atoms with Gasteiger partial charge in [-0.3, -0.25) is 14.9 Å². The maximum absolute atomic E-state index is 12.1. The molecule has 0 unspecified atom stereocenters. The Balaban J connectivity index is 1.88. The highest BCUT2D eigenvalue weighted by Crippen LogP contribution is 2.21. The number of hydrogen-bond donors (Lipinski definition) is 2. The lowest BCUT2D eigenvalue weighted by molar-refractivity contribution is -0.384. The number of carbonyl (C=O) groups excluding carboxylic acids is 1. The van der Waals surface area contributed by atoms with Crippen molar-refractivity contribution in [3.63, 3.8) is 0 Å². The van der Waals surface area contributed by atoms with Crippen LogP contribution in [0.2, 0.25) is 5.02 Å². The minimum Gasteiger partial charge on any atom is -0.399 e. The van der Waals surface area contributed by atoms with Gasteiger partial charge in [-0.1, -0.05) is 23.7 Å². The SMILES string of the molecule is Nc1ccc(CCCNC(=O)c2cc([N+](=O)[O-])ccc2Cl)cc1. The number of nitro benzene ring substituents is 1. The number of hydrogen-bond acceptors (Lipinski definition) is 4. The number of benzene rings is 2. The van der Waals surface area contributed by atoms with Crippen molar-refractivity contribution in [3.05, 3.63) is 68.7 Å². The zero-order chi connectivity index (χ0) is 16.8. The van der Waals surface area contributed by atoms with E-state index in [2.05, 4.69) is 5.32 Å². The molecule has 2 aromatic rings. The van der Waals surface area contributed by atoms with Crippen LogP contribution in [0.1, 0.15) is 22.3 Å². The first-order valence-corrected chi connectivity index (χ1v) is 7.42. The number of nitrogens with two attached hydrogens (primary N) is 1. The molecular formula is C16H16ClN3O3. The summed E-state index contributed by atoms with van der Waals surface area (Å²) in [5, 5.41) is 13.7. The smallest absolute Gasteiger partial charge is 0.270 e. The molecule has 0 saturated heterocycles. The van der Waals surface area contributed by atoms with Gasteiger partial charge in [0.15, 0.2) is 0 Å². The van der Waals surface area contributed by atoms with Crippen molar-refractivity contribution >= 4 is 28.9 Å². The molecule has 0 aliphatic heterocycles. The second kappa shape index (κ2) is 7.60. The van der Waals surface area contributed by atoms with Crippen LogP contribution in [-0.4, -0.2) is 17.4 Å². The average molecular weight is 334 g/mol. The zero-order valence-corrected chi connectivity index (χ0v) is 13.0. The molecule has 0 aliphatic rings. The number of halogens is 1. The molecule has 0 spiro atoms. The highest BCUT2D eigenvalue weighted by atomic mass is 35.5. The number of non-ortho nitro benzene ring substituents is 1. The van der Waals surface area contributed by atoms with E-state index in [-0.39, 0.29) is 16.3 Å². The molecule has 2 rings (SSSR count). The minimum absolute atomic E-state index is 0.105. The first-order valence-electron chi connectivity index (χ1n) is 7.04. The standard InChI is InChI=1S/C16H16ClN3O3/c17-15-8-7-13(20(22)23)10-14(15)16(21)19-9-1-2-11-3-5-12(18)6-4-11/h3-8,10H,1-2,9,18H2,(H,19,21). The second-order valence-corrected chi connectivity index (χ2v) is 5.43. The second-order valence-electron chi connectivity index (χ2n) is 5.02. The fraction of sp³-hybridized carbons (Fsp3) is 0.188. The summed E-state index contributed by atoms with van der Waals surface area (Å²) in [5.41, 5.74) is 7.39. The van der Waals surface area contributed by atoms with Crippen LogP contribution in [0.25, 0.3) is 0 Å². The Morgan fingerprint density at radius 1 is 1.22 bits per heavy atom. The zero-order valence-electron chi connectivity index (χ0n) is 12.3. The van der Waals surface area contributed by atoms with Crippen molar-refractivity contribution in [2.75, 3.05) is 12.3 Å². The topological polar surface area (TPSA) is 98.3 Å². The number of nitrogens with one attached hydrogen (secondary N) is 1. The molecule has 0 heterocycles. The van der Waals surface area contributed by atoms with Gasteiger partial charge in [-0.2, -0.15) is 0 Å². The molecule has 3 N–H and O–H groups in total. The van der Waals surface area contributed by atoms with Crippen LogP contribution in [0.3, 0.4) is 0 Å². The Morgan fingerprint density at radius 3 is 2.57 bits per heavy atom. The van der Waals surface area contributed by atoms with E-state index < -0.39 is 10.8 Å². The van der Waals surface area contributed by atoms with Gasteiger partial charge in [0.1, 0.15) is 0 Å². The van der Waals surface area contributed by atoms with Crippen LogP contribution in [0.15, 0.2) is 42.5 Å². The van der Waals surface area contributed by atoms with Gasteiger partial charge in [0.05, 0.1) is 15.5 Å². The van der Waals surface area contributed by atoms with Crippen LogP contribution in [0.4, 0.5) is 11.4 Å². The van der Waals surface area contributed by atoms with E-state index in [1.54, 1.807) is 0 Å². The fourth-order valence-electron chi connectivity index (χ4n) is 2.07. The number of carbonyl (C=O) groups is 1. The lowest BCUT2D eigenvalue weighted by Crippen LogP contribution is -2.25. The maximum atomic E-state index is 12.1. The van der Waals surface area contributed by atoms with Crippen molar-refractivity contribution < 1.29 is 9.72 Å². The molecule has 23 heavy (non-hydrogen) atoms. The Kier molecular flexibility index (Phi) is 5.54. The van der Waals surface area contributed by atoms with Crippen LogP contribution >= 0.6 is 11.6 Å². The monoisotopic (exact) mass is 333 g/mol. The summed E-state index contributed by atoms with van der Waals surface area (Å²) < 4.78 is 0. The van der Waals surface area contributed by atoms with Crippen molar-refractivity contribution in [2.24, 2.45) is 0 Å². The summed E-state index contributed by atoms with van der Waals surface area (Å²) >= 11 is 5.92. The molecule has 1 amide bonds. The normalized spacial score (nSPS) is 10.3. The Morgan fingerprint density at radius 2 is 1.91 bits per heavy atom. The van der Waals surface area contributed by atoms with Crippen molar-refractivity contribution in [2.45, 2.75) is 12.8 Å². The third-order valence-electron chi connectivity index (χ3n) is 3.31. The van der Waals surface area contributed by atoms with Crippen LogP contribution in [0.5, 0.6) is 0 Å². The van der Waals surface area contributed by atoms with E-state index in [1.807, 2.05) is 24.3 Å². The predicted molar refractivity (Wildman–Crippen MR) is 89.6 cm³/mol.